The number of H-pyrrole nitrogens is 1. The molecule has 0 bridgehead atoms. The number of carbonyl (C=O) groups excluding carboxylic acids is 1. The summed E-state index contributed by atoms with van der Waals surface area (Å²) in [6.45, 7) is 6.62. The quantitative estimate of drug-likeness (QED) is 0.451. The molecule has 0 spiro atoms. The minimum Gasteiger partial charge on any atom is -0.502 e. The van der Waals surface area contributed by atoms with E-state index in [1.54, 1.807) is 7.11 Å². The molecule has 1 amide bonds. The van der Waals surface area contributed by atoms with Gasteiger partial charge in [-0.1, -0.05) is 19.9 Å². The molecule has 1 fully saturated rings. The van der Waals surface area contributed by atoms with Gasteiger partial charge in [-0.25, -0.2) is 0 Å². The molecule has 0 saturated heterocycles. The number of allylic oxidation sites excluding steroid dienone is 2. The van der Waals surface area contributed by atoms with E-state index in [4.69, 9.17) is 14.2 Å². The van der Waals surface area contributed by atoms with Gasteiger partial charge in [-0.05, 0) is 74.2 Å². The van der Waals surface area contributed by atoms with Crippen molar-refractivity contribution in [3.8, 4) is 11.5 Å². The van der Waals surface area contributed by atoms with Crippen molar-refractivity contribution in [3.05, 3.63) is 65.6 Å². The molecule has 1 aliphatic heterocycles. The molecule has 172 valence electrons. The highest BCUT2D eigenvalue weighted by Gasteiger charge is 2.51. The molecule has 2 heterocycles. The zero-order valence-corrected chi connectivity index (χ0v) is 19.6. The van der Waals surface area contributed by atoms with E-state index in [0.29, 0.717) is 5.75 Å². The highest BCUT2D eigenvalue weighted by molar-refractivity contribution is 6.02. The van der Waals surface area contributed by atoms with Crippen molar-refractivity contribution < 1.29 is 19.0 Å². The average molecular weight is 447 g/mol. The second-order valence-corrected chi connectivity index (χ2v) is 9.70. The van der Waals surface area contributed by atoms with E-state index >= 15 is 0 Å². The van der Waals surface area contributed by atoms with Crippen molar-refractivity contribution in [1.82, 2.24) is 4.98 Å². The van der Waals surface area contributed by atoms with Crippen LogP contribution in [0.5, 0.6) is 11.5 Å². The first kappa shape index (κ1) is 21.4. The minimum absolute atomic E-state index is 0.0250. The fraction of sp³-hybridized carbons (Fsp3) is 0.370. The molecule has 6 nitrogen and oxygen atoms in total. The predicted octanol–water partition coefficient (Wildman–Crippen LogP) is 5.78. The van der Waals surface area contributed by atoms with Crippen LogP contribution in [0.3, 0.4) is 0 Å². The molecule has 2 aliphatic rings. The monoisotopic (exact) mass is 446 g/mol. The van der Waals surface area contributed by atoms with E-state index in [1.165, 1.54) is 0 Å². The van der Waals surface area contributed by atoms with Crippen LogP contribution in [-0.4, -0.2) is 24.8 Å². The van der Waals surface area contributed by atoms with E-state index < -0.39 is 5.41 Å². The Morgan fingerprint density at radius 3 is 2.70 bits per heavy atom. The summed E-state index contributed by atoms with van der Waals surface area (Å²) in [5, 5.41) is 4.23. The first-order chi connectivity index (χ1) is 15.8. The number of nitrogens with one attached hydrogen (secondary N) is 2. The molecular formula is C27H30N2O4. The van der Waals surface area contributed by atoms with E-state index in [2.05, 4.69) is 36.3 Å². The molecule has 5 rings (SSSR count). The van der Waals surface area contributed by atoms with Crippen LogP contribution in [-0.2, 0) is 20.4 Å². The lowest BCUT2D eigenvalue weighted by Gasteiger charge is -2.21. The highest BCUT2D eigenvalue weighted by atomic mass is 16.7. The molecule has 1 saturated carbocycles. The van der Waals surface area contributed by atoms with Gasteiger partial charge < -0.3 is 24.5 Å². The molecule has 0 radical (unpaired) electrons. The number of aromatic amines is 1. The normalized spacial score (nSPS) is 16.7. The molecule has 1 aliphatic carbocycles. The number of amides is 1. The molecule has 6 heteroatoms. The van der Waals surface area contributed by atoms with Crippen molar-refractivity contribution in [1.29, 1.82) is 0 Å². The zero-order chi connectivity index (χ0) is 23.2. The van der Waals surface area contributed by atoms with Crippen molar-refractivity contribution >= 4 is 22.5 Å². The maximum absolute atomic E-state index is 13.3. The van der Waals surface area contributed by atoms with Crippen LogP contribution in [0.2, 0.25) is 0 Å². The van der Waals surface area contributed by atoms with Crippen LogP contribution in [0, 0.1) is 0 Å². The van der Waals surface area contributed by atoms with Gasteiger partial charge in [0.05, 0.1) is 18.3 Å². The summed E-state index contributed by atoms with van der Waals surface area (Å²) in [4.78, 5) is 16.8. The van der Waals surface area contributed by atoms with E-state index in [1.807, 2.05) is 43.3 Å². The van der Waals surface area contributed by atoms with Crippen LogP contribution >= 0.6 is 0 Å². The Hall–Kier alpha value is -3.41. The minimum atomic E-state index is -0.493. The van der Waals surface area contributed by atoms with Crippen LogP contribution in [0.15, 0.2) is 54.3 Å². The van der Waals surface area contributed by atoms with E-state index in [9.17, 15) is 4.79 Å². The van der Waals surface area contributed by atoms with Gasteiger partial charge in [0.15, 0.2) is 11.5 Å². The zero-order valence-electron chi connectivity index (χ0n) is 19.6. The Kier molecular flexibility index (Phi) is 5.11. The van der Waals surface area contributed by atoms with Gasteiger partial charge in [-0.3, -0.25) is 4.79 Å². The summed E-state index contributed by atoms with van der Waals surface area (Å²) >= 11 is 0. The van der Waals surface area contributed by atoms with Crippen LogP contribution in [0.1, 0.15) is 51.3 Å². The smallest absolute Gasteiger partial charge is 0.235 e. The van der Waals surface area contributed by atoms with Gasteiger partial charge in [0.1, 0.15) is 0 Å². The van der Waals surface area contributed by atoms with Crippen molar-refractivity contribution in [2.24, 2.45) is 0 Å². The second kappa shape index (κ2) is 7.87. The standard InChI is InChI=1S/C27H30N2O4/c1-17(31-4)9-10-26(2,3)24-14-18-13-20(6-7-21(18)29-24)28-25(30)27(11-12-27)19-5-8-22-23(15-19)33-16-32-22/h5-9,13-15,29H,10-12,16H2,1-4H3,(H,28,30)/b17-9-. The number of hydrogen-bond donors (Lipinski definition) is 2. The van der Waals surface area contributed by atoms with Crippen LogP contribution < -0.4 is 14.8 Å². The van der Waals surface area contributed by atoms with Crippen LogP contribution in [0.25, 0.3) is 10.9 Å². The third-order valence-electron chi connectivity index (χ3n) is 6.94. The van der Waals surface area contributed by atoms with Gasteiger partial charge in [-0.15, -0.1) is 0 Å². The van der Waals surface area contributed by atoms with E-state index in [0.717, 1.165) is 58.6 Å². The molecule has 33 heavy (non-hydrogen) atoms. The lowest BCUT2D eigenvalue weighted by molar-refractivity contribution is -0.118. The maximum atomic E-state index is 13.3. The van der Waals surface area contributed by atoms with Crippen molar-refractivity contribution in [2.45, 2.75) is 50.9 Å². The summed E-state index contributed by atoms with van der Waals surface area (Å²) in [7, 11) is 1.69. The summed E-state index contributed by atoms with van der Waals surface area (Å²) in [6.07, 6.45) is 4.64. The molecule has 1 aromatic heterocycles. The number of anilines is 1. The lowest BCUT2D eigenvalue weighted by Crippen LogP contribution is -2.27. The van der Waals surface area contributed by atoms with Gasteiger partial charge in [0.25, 0.3) is 0 Å². The first-order valence-corrected chi connectivity index (χ1v) is 11.4. The summed E-state index contributed by atoms with van der Waals surface area (Å²) in [5.41, 5.74) is 3.43. The van der Waals surface area contributed by atoms with Gasteiger partial charge in [-0.2, -0.15) is 0 Å². The van der Waals surface area contributed by atoms with Gasteiger partial charge in [0, 0.05) is 27.7 Å². The predicted molar refractivity (Wildman–Crippen MR) is 129 cm³/mol. The number of aromatic nitrogens is 1. The Balaban J connectivity index is 1.35. The number of hydrogen-bond acceptors (Lipinski definition) is 4. The van der Waals surface area contributed by atoms with Gasteiger partial charge >= 0.3 is 0 Å². The SMILES string of the molecule is CO/C(C)=C\CC(C)(C)c1cc2cc(NC(=O)C3(c4ccc5c(c4)OCO5)CC3)ccc2[nH]1. The number of rotatable bonds is 7. The molecule has 0 atom stereocenters. The molecule has 2 N–H and O–H groups in total. The number of ether oxygens (including phenoxy) is 3. The Morgan fingerprint density at radius 2 is 1.94 bits per heavy atom. The Morgan fingerprint density at radius 1 is 1.15 bits per heavy atom. The molecule has 3 aromatic rings. The number of methoxy groups -OCH3 is 1. The lowest BCUT2D eigenvalue weighted by atomic mass is 9.85. The number of benzene rings is 2. The number of carbonyl (C=O) groups is 1. The highest BCUT2D eigenvalue weighted by Crippen LogP contribution is 2.51. The molecule has 0 unspecified atom stereocenters. The maximum Gasteiger partial charge on any atom is 0.235 e. The second-order valence-electron chi connectivity index (χ2n) is 9.70. The topological polar surface area (TPSA) is 72.6 Å². The first-order valence-electron chi connectivity index (χ1n) is 11.4. The number of fused-ring (bicyclic) bond motifs is 2. The molecule has 2 aromatic carbocycles. The van der Waals surface area contributed by atoms with Crippen molar-refractivity contribution in [3.63, 3.8) is 0 Å². The summed E-state index contributed by atoms with van der Waals surface area (Å²) in [6, 6.07) is 14.0. The largest absolute Gasteiger partial charge is 0.502 e. The summed E-state index contributed by atoms with van der Waals surface area (Å²) < 4.78 is 16.2. The Bertz CT molecular complexity index is 1250. The third-order valence-corrected chi connectivity index (χ3v) is 6.94. The van der Waals surface area contributed by atoms with Gasteiger partial charge in [0.2, 0.25) is 12.7 Å². The fourth-order valence-electron chi connectivity index (χ4n) is 4.38. The van der Waals surface area contributed by atoms with Crippen molar-refractivity contribution in [2.75, 3.05) is 19.2 Å². The average Bonchev–Trinajstić information content (AvgIpc) is 3.29. The van der Waals surface area contributed by atoms with Crippen LogP contribution in [0.4, 0.5) is 5.69 Å². The molecular weight excluding hydrogens is 416 g/mol. The fourth-order valence-corrected chi connectivity index (χ4v) is 4.38. The van der Waals surface area contributed by atoms with E-state index in [-0.39, 0.29) is 18.1 Å². The Labute approximate surface area is 193 Å². The third kappa shape index (κ3) is 3.94. The summed E-state index contributed by atoms with van der Waals surface area (Å²) in [5.74, 6) is 2.39.